The van der Waals surface area contributed by atoms with Crippen LogP contribution in [-0.4, -0.2) is 39.2 Å². The Kier molecular flexibility index (Phi) is 5.18. The van der Waals surface area contributed by atoms with Gasteiger partial charge in [0.1, 0.15) is 15.0 Å². The van der Waals surface area contributed by atoms with Gasteiger partial charge in [0.25, 0.3) is 0 Å². The maximum absolute atomic E-state index is 13.0. The number of carbonyl (C=O) groups is 1. The largest absolute Gasteiger partial charge is 0.342 e. The Hall–Kier alpha value is -1.60. The number of thioether (sulfide) groups is 1. The van der Waals surface area contributed by atoms with Gasteiger partial charge in [0.2, 0.25) is 11.3 Å². The Morgan fingerprint density at radius 2 is 2.04 bits per heavy atom. The number of allylic oxidation sites excluding steroid dienone is 1. The van der Waals surface area contributed by atoms with E-state index in [9.17, 15) is 9.59 Å². The van der Waals surface area contributed by atoms with Crippen molar-refractivity contribution in [1.82, 2.24) is 14.5 Å². The maximum Gasteiger partial charge on any atom is 0.237 e. The third-order valence-electron chi connectivity index (χ3n) is 5.12. The van der Waals surface area contributed by atoms with Crippen LogP contribution in [0.5, 0.6) is 0 Å². The van der Waals surface area contributed by atoms with E-state index in [0.29, 0.717) is 22.7 Å². The molecule has 0 unspecified atom stereocenters. The molecule has 1 aliphatic carbocycles. The Bertz CT molecular complexity index is 956. The Balaban J connectivity index is 1.62. The Morgan fingerprint density at radius 1 is 1.23 bits per heavy atom. The number of carbonyl (C=O) groups excluding carboxylic acids is 1. The monoisotopic (exact) mass is 389 g/mol. The highest BCUT2D eigenvalue weighted by atomic mass is 32.2. The molecule has 4 aliphatic rings. The maximum atomic E-state index is 13.0. The number of likely N-dealkylation sites (tertiary alicyclic amines) is 1. The molecule has 0 spiro atoms. The molecule has 4 rings (SSSR count). The van der Waals surface area contributed by atoms with E-state index in [1.807, 2.05) is 11.0 Å². The number of hydrogen-bond donors (Lipinski definition) is 0. The highest BCUT2D eigenvalue weighted by Gasteiger charge is 2.22. The van der Waals surface area contributed by atoms with E-state index in [4.69, 9.17) is 0 Å². The molecule has 26 heavy (non-hydrogen) atoms. The predicted octanol–water partition coefficient (Wildman–Crippen LogP) is 2.81. The van der Waals surface area contributed by atoms with Crippen molar-refractivity contribution in [2.75, 3.05) is 18.8 Å². The van der Waals surface area contributed by atoms with Crippen LogP contribution >= 0.6 is 23.1 Å². The third-order valence-corrected chi connectivity index (χ3v) is 7.23. The second-order valence-electron chi connectivity index (χ2n) is 6.85. The van der Waals surface area contributed by atoms with Gasteiger partial charge in [-0.2, -0.15) is 0 Å². The van der Waals surface area contributed by atoms with E-state index in [1.54, 1.807) is 11.3 Å². The predicted molar refractivity (Wildman–Crippen MR) is 105 cm³/mol. The topological polar surface area (TPSA) is 55.2 Å². The molecule has 0 aromatic carbocycles. The number of nitrogens with zero attached hydrogens (tertiary/aromatic N) is 3. The van der Waals surface area contributed by atoms with Crippen molar-refractivity contribution in [2.24, 2.45) is 0 Å². The minimum atomic E-state index is -0.0377. The van der Waals surface area contributed by atoms with Crippen LogP contribution in [0.3, 0.4) is 0 Å². The summed E-state index contributed by atoms with van der Waals surface area (Å²) >= 11 is 2.93. The fourth-order valence-corrected chi connectivity index (χ4v) is 5.97. The first-order valence-corrected chi connectivity index (χ1v) is 11.1. The van der Waals surface area contributed by atoms with Gasteiger partial charge in [-0.3, -0.25) is 9.59 Å². The number of hydrogen-bond acceptors (Lipinski definition) is 5. The molecule has 0 atom stereocenters. The van der Waals surface area contributed by atoms with Gasteiger partial charge in [0.15, 0.2) is 0 Å². The van der Waals surface area contributed by atoms with Gasteiger partial charge in [-0.15, -0.1) is 17.9 Å². The van der Waals surface area contributed by atoms with Crippen LogP contribution in [-0.2, 0) is 24.2 Å². The fourth-order valence-electron chi connectivity index (χ4n) is 3.84. The minimum absolute atomic E-state index is 0.0377. The van der Waals surface area contributed by atoms with Crippen LogP contribution in [0.2, 0.25) is 0 Å². The van der Waals surface area contributed by atoms with Gasteiger partial charge < -0.3 is 9.47 Å². The highest BCUT2D eigenvalue weighted by molar-refractivity contribution is 7.99. The standard InChI is InChI=1S/C19H23N3O2S2/c1-2-9-22-13-7-6-8-14(13)26-18-16(22)17(24)19(20-18)25-12-15(23)21-10-4-3-5-11-21/h2H,1,3-12H2. The lowest BCUT2D eigenvalue weighted by Crippen LogP contribution is -2.36. The van der Waals surface area contributed by atoms with E-state index in [0.717, 1.165) is 49.9 Å². The summed E-state index contributed by atoms with van der Waals surface area (Å²) in [6, 6.07) is 0. The van der Waals surface area contributed by atoms with Crippen LogP contribution < -0.4 is 5.43 Å². The zero-order chi connectivity index (χ0) is 18.1. The van der Waals surface area contributed by atoms with E-state index in [2.05, 4.69) is 16.1 Å². The molecule has 0 N–H and O–H groups in total. The van der Waals surface area contributed by atoms with Gasteiger partial charge >= 0.3 is 0 Å². The number of rotatable bonds is 5. The number of aryl methyl sites for hydroxylation is 1. The number of amides is 1. The summed E-state index contributed by atoms with van der Waals surface area (Å²) < 4.78 is 2.89. The second-order valence-corrected chi connectivity index (χ2v) is 8.90. The van der Waals surface area contributed by atoms with E-state index in [-0.39, 0.29) is 11.3 Å². The quantitative estimate of drug-likeness (QED) is 0.583. The summed E-state index contributed by atoms with van der Waals surface area (Å²) in [5.41, 5.74) is 1.22. The fraction of sp³-hybridized carbons (Fsp3) is 0.526. The van der Waals surface area contributed by atoms with Crippen molar-refractivity contribution in [3.63, 3.8) is 0 Å². The van der Waals surface area contributed by atoms with Crippen LogP contribution in [0.15, 0.2) is 22.5 Å². The SMILES string of the molecule is C=CCn1c2c(sc3nc(SCC(=O)N4CCCCC4)c(=O)c1=3)CCC2. The molecule has 1 fully saturated rings. The first-order valence-electron chi connectivity index (χ1n) is 9.25. The van der Waals surface area contributed by atoms with Crippen LogP contribution in [0.25, 0.3) is 0 Å². The molecule has 3 aliphatic heterocycles. The summed E-state index contributed by atoms with van der Waals surface area (Å²) in [4.78, 5) is 33.2. The summed E-state index contributed by atoms with van der Waals surface area (Å²) in [5.74, 6) is 0.413. The molecular formula is C19H23N3O2S2. The van der Waals surface area contributed by atoms with E-state index in [1.165, 1.54) is 28.8 Å². The molecule has 0 bridgehead atoms. The van der Waals surface area contributed by atoms with Crippen LogP contribution in [0.1, 0.15) is 36.3 Å². The number of fused-ring (bicyclic) bond motifs is 1. The highest BCUT2D eigenvalue weighted by Crippen LogP contribution is 2.27. The lowest BCUT2D eigenvalue weighted by molar-refractivity contribution is -0.129. The molecule has 7 heteroatoms. The lowest BCUT2D eigenvalue weighted by atomic mass is 10.1. The van der Waals surface area contributed by atoms with E-state index < -0.39 is 0 Å². The molecule has 0 saturated carbocycles. The van der Waals surface area contributed by atoms with Crippen molar-refractivity contribution in [2.45, 2.75) is 50.1 Å². The minimum Gasteiger partial charge on any atom is -0.342 e. The molecule has 138 valence electrons. The van der Waals surface area contributed by atoms with Crippen LogP contribution in [0, 0.1) is 10.0 Å². The van der Waals surface area contributed by atoms with Gasteiger partial charge in [0.05, 0.1) is 5.75 Å². The molecule has 0 aromatic rings. The van der Waals surface area contributed by atoms with E-state index >= 15 is 0 Å². The zero-order valence-electron chi connectivity index (χ0n) is 14.8. The normalized spacial score (nSPS) is 16.8. The summed E-state index contributed by atoms with van der Waals surface area (Å²) in [5, 5.41) is 1.14. The summed E-state index contributed by atoms with van der Waals surface area (Å²) in [6.45, 7) is 6.15. The third kappa shape index (κ3) is 3.22. The smallest absolute Gasteiger partial charge is 0.237 e. The molecule has 1 saturated heterocycles. The van der Waals surface area contributed by atoms with Crippen molar-refractivity contribution >= 4 is 29.0 Å². The Morgan fingerprint density at radius 3 is 2.81 bits per heavy atom. The molecule has 0 aromatic heterocycles. The van der Waals surface area contributed by atoms with Crippen molar-refractivity contribution in [3.8, 4) is 0 Å². The Labute approximate surface area is 160 Å². The molecule has 3 heterocycles. The van der Waals surface area contributed by atoms with Crippen LogP contribution in [0.4, 0.5) is 0 Å². The first-order chi connectivity index (χ1) is 12.7. The summed E-state index contributed by atoms with van der Waals surface area (Å²) in [7, 11) is 0. The van der Waals surface area contributed by atoms with Crippen molar-refractivity contribution < 1.29 is 4.79 Å². The average molecular weight is 390 g/mol. The number of piperidine rings is 1. The van der Waals surface area contributed by atoms with Gasteiger partial charge in [0, 0.05) is 30.2 Å². The zero-order valence-corrected chi connectivity index (χ0v) is 16.5. The lowest BCUT2D eigenvalue weighted by Gasteiger charge is -2.26. The van der Waals surface area contributed by atoms with Gasteiger partial charge in [-0.1, -0.05) is 17.8 Å². The second kappa shape index (κ2) is 7.56. The average Bonchev–Trinajstić information content (AvgIpc) is 3.25. The van der Waals surface area contributed by atoms with Gasteiger partial charge in [-0.05, 0) is 38.5 Å². The first kappa shape index (κ1) is 17.8. The van der Waals surface area contributed by atoms with Crippen molar-refractivity contribution in [1.29, 1.82) is 0 Å². The molecule has 5 nitrogen and oxygen atoms in total. The summed E-state index contributed by atoms with van der Waals surface area (Å²) in [6.07, 6.45) is 8.40. The van der Waals surface area contributed by atoms with Gasteiger partial charge in [-0.25, -0.2) is 4.98 Å². The van der Waals surface area contributed by atoms with Crippen molar-refractivity contribution in [3.05, 3.63) is 43.5 Å². The molecule has 1 amide bonds. The molecular weight excluding hydrogens is 366 g/mol. The molecule has 0 radical (unpaired) electrons. The number of aromatic nitrogens is 2.